The molecule has 4 rings (SSSR count). The van der Waals surface area contributed by atoms with Gasteiger partial charge in [-0.2, -0.15) is 0 Å². The van der Waals surface area contributed by atoms with Crippen LogP contribution in [0.15, 0.2) is 50.1 Å². The zero-order valence-corrected chi connectivity index (χ0v) is 17.1. The van der Waals surface area contributed by atoms with Crippen molar-refractivity contribution in [2.24, 2.45) is 0 Å². The maximum absolute atomic E-state index is 12.0. The number of hydrogen-bond donors (Lipinski definition) is 1. The number of thiophene rings is 1. The molecule has 0 saturated heterocycles. The molecule has 3 aromatic heterocycles. The van der Waals surface area contributed by atoms with E-state index in [-0.39, 0.29) is 5.56 Å². The molecule has 0 saturated carbocycles. The summed E-state index contributed by atoms with van der Waals surface area (Å²) in [6.07, 6.45) is 0. The molecule has 28 heavy (non-hydrogen) atoms. The normalized spacial score (nSPS) is 11.2. The molecule has 0 spiro atoms. The number of nitrogens with one attached hydrogen (secondary N) is 1. The van der Waals surface area contributed by atoms with Crippen molar-refractivity contribution < 1.29 is 4.42 Å². The summed E-state index contributed by atoms with van der Waals surface area (Å²) in [5.74, 6) is 1.51. The fourth-order valence-corrected chi connectivity index (χ4v) is 4.27. The number of nitrogens with zero attached hydrogens (tertiary/aromatic N) is 4. The highest BCUT2D eigenvalue weighted by atomic mass is 32.2. The lowest BCUT2D eigenvalue weighted by molar-refractivity contribution is 0.465. The van der Waals surface area contributed by atoms with Gasteiger partial charge in [-0.25, -0.2) is 4.98 Å². The summed E-state index contributed by atoms with van der Waals surface area (Å²) in [6, 6.07) is 9.93. The average molecular weight is 414 g/mol. The van der Waals surface area contributed by atoms with Gasteiger partial charge in [0.15, 0.2) is 0 Å². The summed E-state index contributed by atoms with van der Waals surface area (Å²) in [7, 11) is 0. The zero-order valence-electron chi connectivity index (χ0n) is 15.5. The molecule has 0 radical (unpaired) electrons. The number of rotatable bonds is 7. The Kier molecular flexibility index (Phi) is 5.45. The van der Waals surface area contributed by atoms with Crippen molar-refractivity contribution in [1.82, 2.24) is 20.2 Å². The van der Waals surface area contributed by atoms with Crippen LogP contribution in [0.1, 0.15) is 19.7 Å². The van der Waals surface area contributed by atoms with Crippen molar-refractivity contribution in [1.29, 1.82) is 0 Å². The van der Waals surface area contributed by atoms with Gasteiger partial charge in [-0.3, -0.25) is 4.79 Å². The van der Waals surface area contributed by atoms with Crippen LogP contribution in [0.25, 0.3) is 21.7 Å². The highest BCUT2D eigenvalue weighted by molar-refractivity contribution is 7.98. The maximum Gasteiger partial charge on any atom is 0.277 e. The minimum Gasteiger partial charge on any atom is -0.411 e. The van der Waals surface area contributed by atoms with Gasteiger partial charge in [-0.15, -0.1) is 21.5 Å². The van der Waals surface area contributed by atoms with E-state index in [1.165, 1.54) is 28.8 Å². The van der Waals surface area contributed by atoms with Gasteiger partial charge >= 0.3 is 0 Å². The summed E-state index contributed by atoms with van der Waals surface area (Å²) in [5, 5.41) is 10.5. The SMILES string of the molecule is CCN(CC)c1ccc(-c2nnc(SCc3nc4ccsc4c(=O)[nH]3)o2)cc1. The number of benzene rings is 1. The summed E-state index contributed by atoms with van der Waals surface area (Å²) in [6.45, 7) is 6.20. The number of fused-ring (bicyclic) bond motifs is 1. The minimum atomic E-state index is -0.116. The van der Waals surface area contributed by atoms with Gasteiger partial charge in [-0.05, 0) is 49.6 Å². The van der Waals surface area contributed by atoms with Gasteiger partial charge in [0.25, 0.3) is 10.8 Å². The molecule has 1 aromatic carbocycles. The Morgan fingerprint density at radius 1 is 1.14 bits per heavy atom. The lowest BCUT2D eigenvalue weighted by Gasteiger charge is -2.20. The van der Waals surface area contributed by atoms with Gasteiger partial charge in [0, 0.05) is 24.3 Å². The predicted molar refractivity (Wildman–Crippen MR) is 113 cm³/mol. The van der Waals surface area contributed by atoms with E-state index < -0.39 is 0 Å². The molecule has 9 heteroatoms. The van der Waals surface area contributed by atoms with Crippen LogP contribution in [-0.2, 0) is 5.75 Å². The van der Waals surface area contributed by atoms with E-state index in [1.807, 2.05) is 23.6 Å². The number of anilines is 1. The molecule has 7 nitrogen and oxygen atoms in total. The van der Waals surface area contributed by atoms with E-state index in [0.717, 1.165) is 18.7 Å². The smallest absolute Gasteiger partial charge is 0.277 e. The fourth-order valence-electron chi connectivity index (χ4n) is 2.91. The summed E-state index contributed by atoms with van der Waals surface area (Å²) in [4.78, 5) is 21.6. The third-order valence-corrected chi connectivity index (χ3v) is 6.08. The second-order valence-corrected chi connectivity index (χ2v) is 7.87. The Labute approximate surface area is 169 Å². The maximum atomic E-state index is 12.0. The summed E-state index contributed by atoms with van der Waals surface area (Å²) >= 11 is 2.73. The van der Waals surface area contributed by atoms with E-state index in [9.17, 15) is 4.79 Å². The topological polar surface area (TPSA) is 87.9 Å². The second kappa shape index (κ2) is 8.15. The van der Waals surface area contributed by atoms with Crippen molar-refractivity contribution in [3.05, 3.63) is 51.9 Å². The van der Waals surface area contributed by atoms with Gasteiger partial charge in [0.2, 0.25) is 5.89 Å². The predicted octanol–water partition coefficient (Wildman–Crippen LogP) is 4.17. The van der Waals surface area contributed by atoms with Crippen LogP contribution in [0.4, 0.5) is 5.69 Å². The lowest BCUT2D eigenvalue weighted by atomic mass is 10.2. The van der Waals surface area contributed by atoms with Crippen LogP contribution in [0, 0.1) is 0 Å². The zero-order chi connectivity index (χ0) is 19.5. The Bertz CT molecular complexity index is 1130. The number of aromatic nitrogens is 4. The lowest BCUT2D eigenvalue weighted by Crippen LogP contribution is -2.21. The number of hydrogen-bond acceptors (Lipinski definition) is 8. The first-order valence-electron chi connectivity index (χ1n) is 8.96. The molecule has 0 aliphatic carbocycles. The van der Waals surface area contributed by atoms with Crippen molar-refractivity contribution in [3.63, 3.8) is 0 Å². The van der Waals surface area contributed by atoms with Gasteiger partial charge in [0.05, 0.1) is 11.3 Å². The highest BCUT2D eigenvalue weighted by Gasteiger charge is 2.12. The van der Waals surface area contributed by atoms with Crippen LogP contribution < -0.4 is 10.5 Å². The summed E-state index contributed by atoms with van der Waals surface area (Å²) < 4.78 is 6.40. The second-order valence-electron chi connectivity index (χ2n) is 6.03. The Balaban J connectivity index is 1.46. The highest BCUT2D eigenvalue weighted by Crippen LogP contribution is 2.27. The molecule has 1 N–H and O–H groups in total. The Hall–Kier alpha value is -2.65. The number of thioether (sulfide) groups is 1. The van der Waals surface area contributed by atoms with Crippen molar-refractivity contribution >= 4 is 39.0 Å². The molecule has 144 valence electrons. The molecule has 0 aliphatic rings. The molecular weight excluding hydrogens is 394 g/mol. The Morgan fingerprint density at radius 3 is 2.68 bits per heavy atom. The molecule has 3 heterocycles. The standard InChI is InChI=1S/C19H19N5O2S2/c1-3-24(4-2)13-7-5-12(6-8-13)18-22-23-19(26-18)28-11-15-20-14-9-10-27-16(14)17(25)21-15/h5-10H,3-4,11H2,1-2H3,(H,20,21,25). The number of aromatic amines is 1. The van der Waals surface area contributed by atoms with E-state index in [0.29, 0.717) is 32.9 Å². The van der Waals surface area contributed by atoms with E-state index in [1.54, 1.807) is 0 Å². The van der Waals surface area contributed by atoms with Crippen LogP contribution in [0.3, 0.4) is 0 Å². The third-order valence-electron chi connectivity index (χ3n) is 4.35. The van der Waals surface area contributed by atoms with Crippen LogP contribution in [0.2, 0.25) is 0 Å². The third kappa shape index (κ3) is 3.81. The first-order chi connectivity index (χ1) is 13.7. The monoisotopic (exact) mass is 413 g/mol. The average Bonchev–Trinajstić information content (AvgIpc) is 3.38. The van der Waals surface area contributed by atoms with Gasteiger partial charge in [-0.1, -0.05) is 11.8 Å². The minimum absolute atomic E-state index is 0.116. The first kappa shape index (κ1) is 18.7. The van der Waals surface area contributed by atoms with Crippen LogP contribution >= 0.6 is 23.1 Å². The molecule has 0 atom stereocenters. The molecular formula is C19H19N5O2S2. The van der Waals surface area contributed by atoms with Gasteiger partial charge in [0.1, 0.15) is 10.5 Å². The fraction of sp³-hybridized carbons (Fsp3) is 0.263. The van der Waals surface area contributed by atoms with Crippen LogP contribution in [-0.4, -0.2) is 33.3 Å². The number of H-pyrrole nitrogens is 1. The molecule has 0 fully saturated rings. The van der Waals surface area contributed by atoms with Crippen molar-refractivity contribution in [2.75, 3.05) is 18.0 Å². The first-order valence-corrected chi connectivity index (χ1v) is 10.8. The largest absolute Gasteiger partial charge is 0.411 e. The molecule has 0 amide bonds. The van der Waals surface area contributed by atoms with E-state index >= 15 is 0 Å². The molecule has 0 unspecified atom stereocenters. The van der Waals surface area contributed by atoms with Crippen molar-refractivity contribution in [3.8, 4) is 11.5 Å². The van der Waals surface area contributed by atoms with Crippen molar-refractivity contribution in [2.45, 2.75) is 24.8 Å². The van der Waals surface area contributed by atoms with E-state index in [2.05, 4.69) is 51.0 Å². The molecule has 0 aliphatic heterocycles. The van der Waals surface area contributed by atoms with Gasteiger partial charge < -0.3 is 14.3 Å². The van der Waals surface area contributed by atoms with Crippen LogP contribution in [0.5, 0.6) is 0 Å². The molecule has 4 aromatic rings. The Morgan fingerprint density at radius 2 is 1.93 bits per heavy atom. The molecule has 0 bridgehead atoms. The quantitative estimate of drug-likeness (QED) is 0.455. The van der Waals surface area contributed by atoms with E-state index in [4.69, 9.17) is 4.42 Å². The summed E-state index contributed by atoms with van der Waals surface area (Å²) in [5.41, 5.74) is 2.64.